The van der Waals surface area contributed by atoms with Crippen LogP contribution in [0.4, 0.5) is 4.39 Å². The molecule has 0 saturated carbocycles. The van der Waals surface area contributed by atoms with Gasteiger partial charge in [-0.05, 0) is 31.2 Å². The molecule has 124 valence electrons. The SMILES string of the molecule is CC(CC(O)c1ccco1)NC(=O)CCSc1ccccc1F. The number of thioether (sulfide) groups is 1. The second-order valence-electron chi connectivity index (χ2n) is 5.26. The van der Waals surface area contributed by atoms with Crippen molar-refractivity contribution in [3.63, 3.8) is 0 Å². The topological polar surface area (TPSA) is 62.5 Å². The molecule has 0 aliphatic carbocycles. The Hall–Kier alpha value is -1.79. The van der Waals surface area contributed by atoms with Gasteiger partial charge < -0.3 is 14.8 Å². The molecule has 1 heterocycles. The summed E-state index contributed by atoms with van der Waals surface area (Å²) in [5, 5.41) is 12.8. The van der Waals surface area contributed by atoms with Crippen molar-refractivity contribution in [3.05, 3.63) is 54.2 Å². The van der Waals surface area contributed by atoms with Crippen LogP contribution in [0, 0.1) is 5.82 Å². The van der Waals surface area contributed by atoms with E-state index in [1.165, 1.54) is 24.1 Å². The predicted octanol–water partition coefficient (Wildman–Crippen LogP) is 3.53. The lowest BCUT2D eigenvalue weighted by Gasteiger charge is -2.16. The zero-order chi connectivity index (χ0) is 16.7. The standard InChI is InChI=1S/C17H20FNO3S/c1-12(11-14(20)15-6-4-9-22-15)19-17(21)8-10-23-16-7-3-2-5-13(16)18/h2-7,9,12,14,20H,8,10-11H2,1H3,(H,19,21). The van der Waals surface area contributed by atoms with Crippen LogP contribution in [0.2, 0.25) is 0 Å². The van der Waals surface area contributed by atoms with Crippen molar-refractivity contribution < 1.29 is 18.7 Å². The highest BCUT2D eigenvalue weighted by molar-refractivity contribution is 7.99. The van der Waals surface area contributed by atoms with Gasteiger partial charge in [-0.1, -0.05) is 12.1 Å². The fourth-order valence-electron chi connectivity index (χ4n) is 2.15. The van der Waals surface area contributed by atoms with Gasteiger partial charge >= 0.3 is 0 Å². The second-order valence-corrected chi connectivity index (χ2v) is 6.40. The van der Waals surface area contributed by atoms with E-state index in [1.54, 1.807) is 30.3 Å². The zero-order valence-electron chi connectivity index (χ0n) is 12.9. The van der Waals surface area contributed by atoms with E-state index in [1.807, 2.05) is 6.92 Å². The van der Waals surface area contributed by atoms with Gasteiger partial charge in [0.15, 0.2) is 0 Å². The summed E-state index contributed by atoms with van der Waals surface area (Å²) in [6.45, 7) is 1.83. The number of aliphatic hydroxyl groups excluding tert-OH is 1. The minimum absolute atomic E-state index is 0.118. The van der Waals surface area contributed by atoms with Crippen molar-refractivity contribution in [3.8, 4) is 0 Å². The minimum atomic E-state index is -0.743. The Balaban J connectivity index is 1.69. The van der Waals surface area contributed by atoms with E-state index in [9.17, 15) is 14.3 Å². The highest BCUT2D eigenvalue weighted by atomic mass is 32.2. The van der Waals surface area contributed by atoms with Crippen LogP contribution in [0.15, 0.2) is 52.0 Å². The Kier molecular flexibility index (Phi) is 6.67. The summed E-state index contributed by atoms with van der Waals surface area (Å²) in [7, 11) is 0. The van der Waals surface area contributed by atoms with Crippen LogP contribution in [-0.2, 0) is 4.79 Å². The lowest BCUT2D eigenvalue weighted by Crippen LogP contribution is -2.33. The smallest absolute Gasteiger partial charge is 0.221 e. The van der Waals surface area contributed by atoms with Gasteiger partial charge in [0.05, 0.1) is 6.26 Å². The van der Waals surface area contributed by atoms with Gasteiger partial charge in [-0.25, -0.2) is 4.39 Å². The van der Waals surface area contributed by atoms with Crippen molar-refractivity contribution in [1.82, 2.24) is 5.32 Å². The number of halogens is 1. The maximum absolute atomic E-state index is 13.4. The summed E-state index contributed by atoms with van der Waals surface area (Å²) in [6, 6.07) is 9.73. The van der Waals surface area contributed by atoms with Gasteiger partial charge in [0.25, 0.3) is 0 Å². The third-order valence-electron chi connectivity index (χ3n) is 3.28. The number of nitrogens with one attached hydrogen (secondary N) is 1. The molecule has 0 aliphatic rings. The van der Waals surface area contributed by atoms with Gasteiger partial charge in [-0.3, -0.25) is 4.79 Å². The maximum atomic E-state index is 13.4. The van der Waals surface area contributed by atoms with Crippen LogP contribution >= 0.6 is 11.8 Å². The Morgan fingerprint density at radius 3 is 2.83 bits per heavy atom. The fourth-order valence-corrected chi connectivity index (χ4v) is 3.04. The molecule has 0 saturated heterocycles. The fraction of sp³-hybridized carbons (Fsp3) is 0.353. The normalized spacial score (nSPS) is 13.5. The van der Waals surface area contributed by atoms with E-state index in [4.69, 9.17) is 4.42 Å². The number of rotatable bonds is 8. The van der Waals surface area contributed by atoms with Crippen LogP contribution in [0.5, 0.6) is 0 Å². The Morgan fingerprint density at radius 2 is 2.13 bits per heavy atom. The van der Waals surface area contributed by atoms with E-state index >= 15 is 0 Å². The molecule has 2 N–H and O–H groups in total. The van der Waals surface area contributed by atoms with Crippen LogP contribution < -0.4 is 5.32 Å². The van der Waals surface area contributed by atoms with Gasteiger partial charge in [-0.2, -0.15) is 0 Å². The van der Waals surface area contributed by atoms with Crippen molar-refractivity contribution in [2.45, 2.75) is 36.8 Å². The molecular formula is C17H20FNO3S. The van der Waals surface area contributed by atoms with E-state index in [-0.39, 0.29) is 17.8 Å². The summed E-state index contributed by atoms with van der Waals surface area (Å²) >= 11 is 1.31. The van der Waals surface area contributed by atoms with E-state index in [0.717, 1.165) is 0 Å². The first-order valence-electron chi connectivity index (χ1n) is 7.44. The highest BCUT2D eigenvalue weighted by Gasteiger charge is 2.16. The summed E-state index contributed by atoms with van der Waals surface area (Å²) < 4.78 is 18.6. The van der Waals surface area contributed by atoms with Crippen LogP contribution in [-0.4, -0.2) is 22.8 Å². The molecule has 0 spiro atoms. The van der Waals surface area contributed by atoms with Crippen molar-refractivity contribution in [1.29, 1.82) is 0 Å². The van der Waals surface area contributed by atoms with E-state index < -0.39 is 6.10 Å². The Bertz CT molecular complexity index is 618. The summed E-state index contributed by atoms with van der Waals surface area (Å²) in [5.41, 5.74) is 0. The number of aliphatic hydroxyl groups is 1. The van der Waals surface area contributed by atoms with Crippen LogP contribution in [0.1, 0.15) is 31.6 Å². The molecule has 1 aromatic heterocycles. The van der Waals surface area contributed by atoms with E-state index in [2.05, 4.69) is 5.32 Å². The molecule has 0 fully saturated rings. The Morgan fingerprint density at radius 1 is 1.35 bits per heavy atom. The first kappa shape index (κ1) is 17.6. The molecule has 23 heavy (non-hydrogen) atoms. The number of hydrogen-bond acceptors (Lipinski definition) is 4. The molecule has 2 aromatic rings. The molecule has 1 amide bonds. The zero-order valence-corrected chi connectivity index (χ0v) is 13.7. The van der Waals surface area contributed by atoms with Gasteiger partial charge in [0.2, 0.25) is 5.91 Å². The minimum Gasteiger partial charge on any atom is -0.467 e. The molecular weight excluding hydrogens is 317 g/mol. The molecule has 0 radical (unpaired) electrons. The highest BCUT2D eigenvalue weighted by Crippen LogP contribution is 2.22. The monoisotopic (exact) mass is 337 g/mol. The molecule has 4 nitrogen and oxygen atoms in total. The lowest BCUT2D eigenvalue weighted by molar-refractivity contribution is -0.121. The molecule has 2 atom stereocenters. The number of furan rings is 1. The molecule has 2 rings (SSSR count). The number of carbonyl (C=O) groups excluding carboxylic acids is 1. The van der Waals surface area contributed by atoms with Gasteiger partial charge in [0, 0.05) is 29.5 Å². The van der Waals surface area contributed by atoms with Crippen molar-refractivity contribution in [2.24, 2.45) is 0 Å². The van der Waals surface area contributed by atoms with Gasteiger partial charge in [0.1, 0.15) is 17.7 Å². The first-order chi connectivity index (χ1) is 11.1. The third-order valence-corrected chi connectivity index (χ3v) is 4.33. The lowest BCUT2D eigenvalue weighted by atomic mass is 10.1. The molecule has 1 aromatic carbocycles. The summed E-state index contributed by atoms with van der Waals surface area (Å²) in [6.07, 6.45) is 1.43. The largest absolute Gasteiger partial charge is 0.467 e. The summed E-state index contributed by atoms with van der Waals surface area (Å²) in [5.74, 6) is 0.599. The summed E-state index contributed by atoms with van der Waals surface area (Å²) in [4.78, 5) is 12.4. The average Bonchev–Trinajstić information content (AvgIpc) is 3.03. The number of hydrogen-bond donors (Lipinski definition) is 2. The first-order valence-corrected chi connectivity index (χ1v) is 8.43. The van der Waals surface area contributed by atoms with Crippen LogP contribution in [0.3, 0.4) is 0 Å². The quantitative estimate of drug-likeness (QED) is 0.724. The van der Waals surface area contributed by atoms with Gasteiger partial charge in [-0.15, -0.1) is 11.8 Å². The number of carbonyl (C=O) groups is 1. The second kappa shape index (κ2) is 8.74. The molecule has 0 bridgehead atoms. The van der Waals surface area contributed by atoms with E-state index in [0.29, 0.717) is 29.3 Å². The predicted molar refractivity (Wildman–Crippen MR) is 87.6 cm³/mol. The number of benzene rings is 1. The van der Waals surface area contributed by atoms with Crippen LogP contribution in [0.25, 0.3) is 0 Å². The van der Waals surface area contributed by atoms with Crippen molar-refractivity contribution in [2.75, 3.05) is 5.75 Å². The molecule has 6 heteroatoms. The number of amides is 1. The Labute approximate surface area is 139 Å². The molecule has 0 aliphatic heterocycles. The average molecular weight is 337 g/mol. The van der Waals surface area contributed by atoms with Crippen molar-refractivity contribution >= 4 is 17.7 Å². The maximum Gasteiger partial charge on any atom is 0.221 e. The molecule has 2 unspecified atom stereocenters. The third kappa shape index (κ3) is 5.73.